The van der Waals surface area contributed by atoms with Crippen molar-refractivity contribution >= 4 is 22.8 Å². The minimum atomic E-state index is 0.366. The number of aromatic nitrogens is 1. The number of allylic oxidation sites excluding steroid dienone is 2. The molecular formula is C33H39N3. The second kappa shape index (κ2) is 12.4. The summed E-state index contributed by atoms with van der Waals surface area (Å²) in [5, 5.41) is 0. The fourth-order valence-electron chi connectivity index (χ4n) is 4.23. The van der Waals surface area contributed by atoms with Crippen molar-refractivity contribution < 1.29 is 0 Å². The number of pyridine rings is 1. The molecular weight excluding hydrogens is 438 g/mol. The fraction of sp³-hybridized carbons (Fsp3) is 0.303. The van der Waals surface area contributed by atoms with E-state index in [-0.39, 0.29) is 0 Å². The van der Waals surface area contributed by atoms with Crippen LogP contribution >= 0.6 is 0 Å². The van der Waals surface area contributed by atoms with Crippen LogP contribution in [0.15, 0.2) is 89.9 Å². The van der Waals surface area contributed by atoms with Crippen LogP contribution in [0.2, 0.25) is 0 Å². The number of rotatable bonds is 10. The number of benzene rings is 2. The molecule has 0 aliphatic heterocycles. The Labute approximate surface area is 217 Å². The Kier molecular flexibility index (Phi) is 9.30. The summed E-state index contributed by atoms with van der Waals surface area (Å²) >= 11 is 0. The average molecular weight is 478 g/mol. The van der Waals surface area contributed by atoms with Crippen molar-refractivity contribution in [1.29, 1.82) is 0 Å². The van der Waals surface area contributed by atoms with Crippen LogP contribution in [0, 0.1) is 0 Å². The lowest BCUT2D eigenvalue weighted by Crippen LogP contribution is -2.06. The van der Waals surface area contributed by atoms with Crippen molar-refractivity contribution in [2.45, 2.75) is 66.2 Å². The number of hydrogen-bond donors (Lipinski definition) is 0. The molecule has 1 heterocycles. The summed E-state index contributed by atoms with van der Waals surface area (Å²) in [4.78, 5) is 14.9. The third kappa shape index (κ3) is 6.75. The zero-order chi connectivity index (χ0) is 26.2. The monoisotopic (exact) mass is 477 g/mol. The molecule has 0 N–H and O–H groups in total. The molecule has 0 aliphatic carbocycles. The first-order chi connectivity index (χ1) is 17.2. The molecule has 0 bridgehead atoms. The van der Waals surface area contributed by atoms with Gasteiger partial charge in [-0.05, 0) is 85.0 Å². The van der Waals surface area contributed by atoms with Gasteiger partial charge in [0.05, 0.1) is 34.2 Å². The maximum Gasteiger partial charge on any atom is 0.0849 e. The van der Waals surface area contributed by atoms with Gasteiger partial charge in [-0.2, -0.15) is 0 Å². The zero-order valence-corrected chi connectivity index (χ0v) is 22.7. The van der Waals surface area contributed by atoms with Crippen LogP contribution in [0.3, 0.4) is 0 Å². The summed E-state index contributed by atoms with van der Waals surface area (Å²) in [5.41, 5.74) is 10.5. The van der Waals surface area contributed by atoms with Gasteiger partial charge in [-0.25, -0.2) is 4.98 Å². The Morgan fingerprint density at radius 3 is 1.75 bits per heavy atom. The third-order valence-corrected chi connectivity index (χ3v) is 6.24. The molecule has 0 saturated carbocycles. The Bertz CT molecular complexity index is 1250. The van der Waals surface area contributed by atoms with Crippen molar-refractivity contribution in [1.82, 2.24) is 4.98 Å². The molecule has 3 rings (SSSR count). The molecule has 3 aromatic rings. The molecule has 0 radical (unpaired) electrons. The van der Waals surface area contributed by atoms with Gasteiger partial charge < -0.3 is 0 Å². The Morgan fingerprint density at radius 1 is 0.750 bits per heavy atom. The third-order valence-electron chi connectivity index (χ3n) is 6.24. The Hall–Kier alpha value is -3.59. The molecule has 0 atom stereocenters. The van der Waals surface area contributed by atoms with Crippen molar-refractivity contribution in [3.05, 3.63) is 114 Å². The second-order valence-electron chi connectivity index (χ2n) is 9.89. The first-order valence-corrected chi connectivity index (χ1v) is 12.8. The summed E-state index contributed by atoms with van der Waals surface area (Å²) in [6.07, 6.45) is 5.60. The Balaban J connectivity index is 2.00. The van der Waals surface area contributed by atoms with E-state index in [4.69, 9.17) is 15.0 Å². The largest absolute Gasteiger partial charge is 0.252 e. The standard InChI is InChI=1S/C33H39N3/c1-9-12-26-16-18-28(19-17-26)34-24(7)31-14-11-15-32(36-31)25(8)35-33-29(22(3)4)20-27(13-10-2)21-30(33)23(5)6/h9-11,14-23H,1-2,12-13H2,3-8H3. The number of hydrogen-bond acceptors (Lipinski definition) is 3. The fourth-order valence-corrected chi connectivity index (χ4v) is 4.23. The average Bonchev–Trinajstić information content (AvgIpc) is 2.86. The van der Waals surface area contributed by atoms with Crippen molar-refractivity contribution in [2.24, 2.45) is 9.98 Å². The molecule has 0 saturated heterocycles. The summed E-state index contributed by atoms with van der Waals surface area (Å²) in [6, 6.07) is 18.9. The minimum Gasteiger partial charge on any atom is -0.252 e. The van der Waals surface area contributed by atoms with Crippen LogP contribution in [0.1, 0.15) is 87.0 Å². The lowest BCUT2D eigenvalue weighted by Gasteiger charge is -2.19. The van der Waals surface area contributed by atoms with Crippen LogP contribution in [-0.2, 0) is 12.8 Å². The van der Waals surface area contributed by atoms with E-state index in [1.54, 1.807) is 0 Å². The van der Waals surface area contributed by atoms with Crippen molar-refractivity contribution in [2.75, 3.05) is 0 Å². The van der Waals surface area contributed by atoms with E-state index < -0.39 is 0 Å². The van der Waals surface area contributed by atoms with Gasteiger partial charge >= 0.3 is 0 Å². The first kappa shape index (κ1) is 27.0. The smallest absolute Gasteiger partial charge is 0.0849 e. The summed E-state index contributed by atoms with van der Waals surface area (Å²) in [7, 11) is 0. The van der Waals surface area contributed by atoms with Crippen LogP contribution in [0.4, 0.5) is 11.4 Å². The highest BCUT2D eigenvalue weighted by Crippen LogP contribution is 2.37. The van der Waals surface area contributed by atoms with E-state index in [0.717, 1.165) is 47.0 Å². The molecule has 186 valence electrons. The Morgan fingerprint density at radius 2 is 1.25 bits per heavy atom. The number of aliphatic imine (C=N–C) groups is 2. The zero-order valence-electron chi connectivity index (χ0n) is 22.7. The van der Waals surface area contributed by atoms with Gasteiger partial charge in [-0.15, -0.1) is 13.2 Å². The maximum absolute atomic E-state index is 5.16. The van der Waals surface area contributed by atoms with Crippen molar-refractivity contribution in [3.63, 3.8) is 0 Å². The van der Waals surface area contributed by atoms with Gasteiger partial charge in [-0.1, -0.05) is 70.2 Å². The van der Waals surface area contributed by atoms with Gasteiger partial charge in [0.2, 0.25) is 0 Å². The van der Waals surface area contributed by atoms with Crippen LogP contribution in [0.25, 0.3) is 0 Å². The van der Waals surface area contributed by atoms with Gasteiger partial charge in [0.15, 0.2) is 0 Å². The molecule has 3 nitrogen and oxygen atoms in total. The van der Waals surface area contributed by atoms with Gasteiger partial charge in [0.25, 0.3) is 0 Å². The lowest BCUT2D eigenvalue weighted by molar-refractivity contribution is 0.830. The quantitative estimate of drug-likeness (QED) is 0.212. The summed E-state index contributed by atoms with van der Waals surface area (Å²) in [6.45, 7) is 20.7. The van der Waals surface area contributed by atoms with Crippen LogP contribution < -0.4 is 0 Å². The van der Waals surface area contributed by atoms with E-state index >= 15 is 0 Å². The van der Waals surface area contributed by atoms with E-state index in [0.29, 0.717) is 11.8 Å². The normalized spacial score (nSPS) is 12.3. The molecule has 36 heavy (non-hydrogen) atoms. The predicted molar refractivity (Wildman–Crippen MR) is 157 cm³/mol. The maximum atomic E-state index is 5.16. The summed E-state index contributed by atoms with van der Waals surface area (Å²) < 4.78 is 0. The van der Waals surface area contributed by atoms with Crippen LogP contribution in [0.5, 0.6) is 0 Å². The van der Waals surface area contributed by atoms with Gasteiger partial charge in [-0.3, -0.25) is 9.98 Å². The van der Waals surface area contributed by atoms with Crippen molar-refractivity contribution in [3.8, 4) is 0 Å². The summed E-state index contributed by atoms with van der Waals surface area (Å²) in [5.74, 6) is 0.732. The molecule has 0 fully saturated rings. The molecule has 1 aromatic heterocycles. The second-order valence-corrected chi connectivity index (χ2v) is 9.89. The van der Waals surface area contributed by atoms with Gasteiger partial charge in [0, 0.05) is 0 Å². The van der Waals surface area contributed by atoms with E-state index in [1.165, 1.54) is 22.3 Å². The molecule has 0 unspecified atom stereocenters. The van der Waals surface area contributed by atoms with E-state index in [2.05, 4.69) is 65.1 Å². The molecule has 0 amide bonds. The van der Waals surface area contributed by atoms with Gasteiger partial charge in [0.1, 0.15) is 0 Å². The SMILES string of the molecule is C=CCc1ccc(N=C(C)c2cccc(C(C)=Nc3c(C(C)C)cc(CC=C)cc3C(C)C)n2)cc1. The topological polar surface area (TPSA) is 37.6 Å². The molecule has 0 aliphatic rings. The predicted octanol–water partition coefficient (Wildman–Crippen LogP) is 9.07. The highest BCUT2D eigenvalue weighted by atomic mass is 14.8. The highest BCUT2D eigenvalue weighted by Gasteiger charge is 2.16. The molecule has 2 aromatic carbocycles. The van der Waals surface area contributed by atoms with E-state index in [9.17, 15) is 0 Å². The lowest BCUT2D eigenvalue weighted by atomic mass is 9.89. The highest BCUT2D eigenvalue weighted by molar-refractivity contribution is 6.02. The molecule has 3 heteroatoms. The number of nitrogens with zero attached hydrogens (tertiary/aromatic N) is 3. The molecule has 0 spiro atoms. The first-order valence-electron chi connectivity index (χ1n) is 12.8. The van der Waals surface area contributed by atoms with Crippen LogP contribution in [-0.4, -0.2) is 16.4 Å². The van der Waals surface area contributed by atoms with E-state index in [1.807, 2.05) is 56.3 Å². The minimum absolute atomic E-state index is 0.366.